The van der Waals surface area contributed by atoms with E-state index in [1.807, 2.05) is 0 Å². The molecule has 0 aliphatic heterocycles. The number of hydrogen-bond donors (Lipinski definition) is 1. The van der Waals surface area contributed by atoms with Crippen LogP contribution < -0.4 is 5.32 Å². The third kappa shape index (κ3) is 2.91. The second kappa shape index (κ2) is 5.58. The van der Waals surface area contributed by atoms with Crippen LogP contribution in [0.25, 0.3) is 0 Å². The lowest BCUT2D eigenvalue weighted by atomic mass is 10.1. The molecule has 0 saturated carbocycles. The lowest BCUT2D eigenvalue weighted by molar-refractivity contribution is -0.114. The Labute approximate surface area is 103 Å². The Kier molecular flexibility index (Phi) is 4.39. The lowest BCUT2D eigenvalue weighted by Crippen LogP contribution is -2.11. The quantitative estimate of drug-likeness (QED) is 0.659. The molecule has 1 aromatic rings. The maximum Gasteiger partial charge on any atom is 0.341 e. The molecule has 6 heteroatoms. The fraction of sp³-hybridized carbons (Fsp3) is 0.364. The number of anilines is 1. The smallest absolute Gasteiger partial charge is 0.341 e. The lowest BCUT2D eigenvalue weighted by Gasteiger charge is -2.04. The highest BCUT2D eigenvalue weighted by molar-refractivity contribution is 7.18. The summed E-state index contributed by atoms with van der Waals surface area (Å²) in [5, 5.41) is 2.89. The molecule has 5 nitrogen and oxygen atoms in total. The predicted molar refractivity (Wildman–Crippen MR) is 64.7 cm³/mol. The van der Waals surface area contributed by atoms with Gasteiger partial charge in [0.1, 0.15) is 5.00 Å². The van der Waals surface area contributed by atoms with Crippen LogP contribution in [0.1, 0.15) is 39.4 Å². The molecule has 0 atom stereocenters. The minimum atomic E-state index is -0.530. The number of aldehydes is 1. The van der Waals surface area contributed by atoms with Crippen LogP contribution in [-0.2, 0) is 9.53 Å². The highest BCUT2D eigenvalue weighted by Crippen LogP contribution is 2.32. The highest BCUT2D eigenvalue weighted by Gasteiger charge is 2.22. The number of rotatable bonds is 4. The number of nitrogens with one attached hydrogen (secondary N) is 1. The molecule has 0 aromatic carbocycles. The average molecular weight is 255 g/mol. The van der Waals surface area contributed by atoms with Gasteiger partial charge in [0.05, 0.1) is 17.0 Å². The Hall–Kier alpha value is -1.69. The van der Waals surface area contributed by atoms with Gasteiger partial charge in [-0.15, -0.1) is 11.3 Å². The van der Waals surface area contributed by atoms with Gasteiger partial charge < -0.3 is 10.1 Å². The minimum absolute atomic E-state index is 0.240. The number of esters is 1. The Morgan fingerprint density at radius 3 is 2.59 bits per heavy atom. The van der Waals surface area contributed by atoms with Crippen molar-refractivity contribution in [3.05, 3.63) is 16.0 Å². The molecule has 1 amide bonds. The van der Waals surface area contributed by atoms with Crippen LogP contribution in [0.15, 0.2) is 0 Å². The molecule has 1 rings (SSSR count). The predicted octanol–water partition coefficient (Wildman–Crippen LogP) is 2.00. The van der Waals surface area contributed by atoms with Crippen molar-refractivity contribution < 1.29 is 19.1 Å². The summed E-state index contributed by atoms with van der Waals surface area (Å²) in [6.07, 6.45) is 0.661. The van der Waals surface area contributed by atoms with Crippen molar-refractivity contribution in [2.45, 2.75) is 20.8 Å². The zero-order chi connectivity index (χ0) is 13.0. The van der Waals surface area contributed by atoms with E-state index in [1.165, 1.54) is 6.92 Å². The number of amides is 1. The van der Waals surface area contributed by atoms with Crippen molar-refractivity contribution in [2.24, 2.45) is 0 Å². The first-order valence-corrected chi connectivity index (χ1v) is 5.86. The molecule has 0 saturated heterocycles. The maximum absolute atomic E-state index is 11.7. The van der Waals surface area contributed by atoms with Gasteiger partial charge in [-0.05, 0) is 19.4 Å². The fourth-order valence-corrected chi connectivity index (χ4v) is 2.40. The number of hydrogen-bond acceptors (Lipinski definition) is 5. The van der Waals surface area contributed by atoms with E-state index in [-0.39, 0.29) is 18.1 Å². The van der Waals surface area contributed by atoms with Crippen molar-refractivity contribution in [1.29, 1.82) is 0 Å². The second-order valence-electron chi connectivity index (χ2n) is 3.31. The van der Waals surface area contributed by atoms with Gasteiger partial charge in [-0.3, -0.25) is 9.59 Å². The van der Waals surface area contributed by atoms with E-state index in [2.05, 4.69) is 5.32 Å². The molecule has 92 valence electrons. The Balaban J connectivity index is 3.22. The van der Waals surface area contributed by atoms with Crippen molar-refractivity contribution in [2.75, 3.05) is 11.9 Å². The van der Waals surface area contributed by atoms with Gasteiger partial charge in [-0.1, -0.05) is 0 Å². The van der Waals surface area contributed by atoms with Crippen molar-refractivity contribution >= 4 is 34.5 Å². The Morgan fingerprint density at radius 1 is 1.47 bits per heavy atom. The molecule has 0 unspecified atom stereocenters. The molecule has 0 aliphatic rings. The maximum atomic E-state index is 11.7. The minimum Gasteiger partial charge on any atom is -0.462 e. The van der Waals surface area contributed by atoms with E-state index in [0.717, 1.165) is 11.3 Å². The van der Waals surface area contributed by atoms with E-state index in [0.29, 0.717) is 21.7 Å². The zero-order valence-electron chi connectivity index (χ0n) is 9.83. The summed E-state index contributed by atoms with van der Waals surface area (Å²) in [4.78, 5) is 33.9. The molecular formula is C11H13NO4S. The molecule has 0 radical (unpaired) electrons. The van der Waals surface area contributed by atoms with E-state index >= 15 is 0 Å². The molecular weight excluding hydrogens is 242 g/mol. The molecule has 0 bridgehead atoms. The third-order valence-electron chi connectivity index (χ3n) is 2.06. The standard InChI is InChI=1S/C11H13NO4S/c1-4-16-11(15)9-6(2)8(5-13)17-10(9)12-7(3)14/h5H,4H2,1-3H3,(H,12,14). The summed E-state index contributed by atoms with van der Waals surface area (Å²) in [6.45, 7) is 4.92. The van der Waals surface area contributed by atoms with E-state index < -0.39 is 5.97 Å². The largest absolute Gasteiger partial charge is 0.462 e. The number of thiophene rings is 1. The Bertz CT molecular complexity index is 464. The number of ether oxygens (including phenoxy) is 1. The molecule has 1 heterocycles. The van der Waals surface area contributed by atoms with Gasteiger partial charge in [0, 0.05) is 6.92 Å². The summed E-state index contributed by atoms with van der Waals surface area (Å²) in [5.41, 5.74) is 0.793. The van der Waals surface area contributed by atoms with Crippen LogP contribution in [0, 0.1) is 6.92 Å². The zero-order valence-corrected chi connectivity index (χ0v) is 10.6. The fourth-order valence-electron chi connectivity index (χ4n) is 1.34. The van der Waals surface area contributed by atoms with E-state index in [1.54, 1.807) is 13.8 Å². The molecule has 0 fully saturated rings. The van der Waals surface area contributed by atoms with Crippen LogP contribution in [0.2, 0.25) is 0 Å². The molecule has 17 heavy (non-hydrogen) atoms. The van der Waals surface area contributed by atoms with Gasteiger partial charge in [0.25, 0.3) is 0 Å². The van der Waals surface area contributed by atoms with E-state index in [4.69, 9.17) is 4.74 Å². The molecule has 0 aliphatic carbocycles. The summed E-state index contributed by atoms with van der Waals surface area (Å²) in [6, 6.07) is 0. The van der Waals surface area contributed by atoms with Gasteiger partial charge in [0.15, 0.2) is 6.29 Å². The monoisotopic (exact) mass is 255 g/mol. The van der Waals surface area contributed by atoms with Crippen LogP contribution in [0.4, 0.5) is 5.00 Å². The van der Waals surface area contributed by atoms with Gasteiger partial charge >= 0.3 is 5.97 Å². The van der Waals surface area contributed by atoms with Gasteiger partial charge in [-0.25, -0.2) is 4.79 Å². The first-order valence-electron chi connectivity index (χ1n) is 5.04. The second-order valence-corrected chi connectivity index (χ2v) is 4.37. The van der Waals surface area contributed by atoms with Crippen LogP contribution in [-0.4, -0.2) is 24.8 Å². The Morgan fingerprint density at radius 2 is 2.12 bits per heavy atom. The first-order chi connectivity index (χ1) is 8.01. The van der Waals surface area contributed by atoms with E-state index in [9.17, 15) is 14.4 Å². The summed E-state index contributed by atoms with van der Waals surface area (Å²) < 4.78 is 4.89. The third-order valence-corrected chi connectivity index (χ3v) is 3.19. The molecule has 1 aromatic heterocycles. The normalized spacial score (nSPS) is 9.82. The van der Waals surface area contributed by atoms with Crippen LogP contribution in [0.5, 0.6) is 0 Å². The average Bonchev–Trinajstić information content (AvgIpc) is 2.54. The number of carbonyl (C=O) groups excluding carboxylic acids is 3. The van der Waals surface area contributed by atoms with Gasteiger partial charge in [0.2, 0.25) is 5.91 Å². The van der Waals surface area contributed by atoms with Crippen molar-refractivity contribution in [3.63, 3.8) is 0 Å². The summed E-state index contributed by atoms with van der Waals surface area (Å²) in [5.74, 6) is -0.827. The first kappa shape index (κ1) is 13.4. The number of carbonyl (C=O) groups is 3. The summed E-state index contributed by atoms with van der Waals surface area (Å²) >= 11 is 1.07. The molecule has 0 spiro atoms. The van der Waals surface area contributed by atoms with Crippen molar-refractivity contribution in [3.8, 4) is 0 Å². The highest BCUT2D eigenvalue weighted by atomic mass is 32.1. The van der Waals surface area contributed by atoms with Crippen LogP contribution in [0.3, 0.4) is 0 Å². The van der Waals surface area contributed by atoms with Gasteiger partial charge in [-0.2, -0.15) is 0 Å². The van der Waals surface area contributed by atoms with Crippen molar-refractivity contribution in [1.82, 2.24) is 0 Å². The topological polar surface area (TPSA) is 72.5 Å². The molecule has 1 N–H and O–H groups in total. The van der Waals surface area contributed by atoms with Crippen LogP contribution >= 0.6 is 11.3 Å². The summed E-state index contributed by atoms with van der Waals surface area (Å²) in [7, 11) is 0. The SMILES string of the molecule is CCOC(=O)c1c(NC(C)=O)sc(C=O)c1C.